The van der Waals surface area contributed by atoms with Crippen LogP contribution >= 0.6 is 23.2 Å². The van der Waals surface area contributed by atoms with Gasteiger partial charge in [0.1, 0.15) is 0 Å². The molecule has 0 aliphatic carbocycles. The third-order valence-corrected chi connectivity index (χ3v) is 3.73. The standard InChI is InChI=1S/C17H14Cl2O5/c1-22-15-6-3-10(7-16(15)23-2)17(21)24-9-14(20)12-5-4-11(18)8-13(12)19/h3-8H,9H2,1-2H3. The number of ether oxygens (including phenoxy) is 3. The zero-order chi connectivity index (χ0) is 17.7. The fourth-order valence-corrected chi connectivity index (χ4v) is 2.48. The Morgan fingerprint density at radius 3 is 2.29 bits per heavy atom. The van der Waals surface area contributed by atoms with Crippen LogP contribution in [0.2, 0.25) is 10.0 Å². The van der Waals surface area contributed by atoms with Gasteiger partial charge in [-0.3, -0.25) is 4.79 Å². The minimum atomic E-state index is -0.658. The number of hydrogen-bond donors (Lipinski definition) is 0. The van der Waals surface area contributed by atoms with Crippen molar-refractivity contribution in [2.75, 3.05) is 20.8 Å². The van der Waals surface area contributed by atoms with Gasteiger partial charge in [0, 0.05) is 10.6 Å². The maximum absolute atomic E-state index is 12.1. The molecule has 2 aromatic rings. The number of methoxy groups -OCH3 is 2. The van der Waals surface area contributed by atoms with E-state index in [-0.39, 0.29) is 16.1 Å². The normalized spacial score (nSPS) is 10.2. The van der Waals surface area contributed by atoms with Gasteiger partial charge in [-0.15, -0.1) is 0 Å². The number of ketones is 1. The lowest BCUT2D eigenvalue weighted by atomic mass is 10.1. The summed E-state index contributed by atoms with van der Waals surface area (Å²) in [4.78, 5) is 24.1. The fraction of sp³-hybridized carbons (Fsp3) is 0.176. The minimum Gasteiger partial charge on any atom is -0.493 e. The van der Waals surface area contributed by atoms with E-state index in [1.54, 1.807) is 6.07 Å². The van der Waals surface area contributed by atoms with Crippen molar-refractivity contribution in [3.05, 3.63) is 57.6 Å². The average molecular weight is 369 g/mol. The van der Waals surface area contributed by atoms with Crippen LogP contribution in [-0.2, 0) is 4.74 Å². The second-order valence-corrected chi connectivity index (χ2v) is 5.54. The van der Waals surface area contributed by atoms with E-state index in [1.165, 1.54) is 44.6 Å². The lowest BCUT2D eigenvalue weighted by molar-refractivity contribution is 0.0474. The van der Waals surface area contributed by atoms with Gasteiger partial charge in [0.15, 0.2) is 18.1 Å². The molecule has 0 bridgehead atoms. The van der Waals surface area contributed by atoms with Gasteiger partial charge in [-0.25, -0.2) is 4.79 Å². The lowest BCUT2D eigenvalue weighted by Gasteiger charge is -2.09. The summed E-state index contributed by atoms with van der Waals surface area (Å²) >= 11 is 11.7. The average Bonchev–Trinajstić information content (AvgIpc) is 2.58. The molecule has 0 atom stereocenters. The van der Waals surface area contributed by atoms with Gasteiger partial charge in [0.2, 0.25) is 5.78 Å². The summed E-state index contributed by atoms with van der Waals surface area (Å²) in [5.41, 5.74) is 0.476. The number of halogens is 2. The van der Waals surface area contributed by atoms with Crippen LogP contribution in [0.1, 0.15) is 20.7 Å². The topological polar surface area (TPSA) is 61.8 Å². The van der Waals surface area contributed by atoms with Gasteiger partial charge >= 0.3 is 5.97 Å². The summed E-state index contributed by atoms with van der Waals surface area (Å²) in [6, 6.07) is 9.04. The summed E-state index contributed by atoms with van der Waals surface area (Å²) in [5, 5.41) is 0.619. The molecule has 2 rings (SSSR count). The van der Waals surface area contributed by atoms with Gasteiger partial charge in [-0.05, 0) is 36.4 Å². The maximum Gasteiger partial charge on any atom is 0.338 e. The quantitative estimate of drug-likeness (QED) is 0.568. The number of rotatable bonds is 6. The summed E-state index contributed by atoms with van der Waals surface area (Å²) in [7, 11) is 2.95. The van der Waals surface area contributed by atoms with Crippen LogP contribution < -0.4 is 9.47 Å². The number of benzene rings is 2. The number of hydrogen-bond acceptors (Lipinski definition) is 5. The Morgan fingerprint density at radius 2 is 1.67 bits per heavy atom. The molecule has 0 aliphatic heterocycles. The van der Waals surface area contributed by atoms with E-state index in [0.717, 1.165) is 0 Å². The fourth-order valence-electron chi connectivity index (χ4n) is 1.97. The first-order valence-electron chi connectivity index (χ1n) is 6.83. The Balaban J connectivity index is 2.06. The van der Waals surface area contributed by atoms with Crippen molar-refractivity contribution in [3.8, 4) is 11.5 Å². The van der Waals surface area contributed by atoms with E-state index in [0.29, 0.717) is 16.5 Å². The summed E-state index contributed by atoms with van der Waals surface area (Å²) in [5.74, 6) is -0.211. The van der Waals surface area contributed by atoms with Gasteiger partial charge < -0.3 is 14.2 Å². The molecule has 5 nitrogen and oxygen atoms in total. The molecular formula is C17H14Cl2O5. The Hall–Kier alpha value is -2.24. The molecule has 0 heterocycles. The van der Waals surface area contributed by atoms with E-state index in [1.807, 2.05) is 0 Å². The van der Waals surface area contributed by atoms with Crippen LogP contribution in [0.4, 0.5) is 0 Å². The van der Waals surface area contributed by atoms with Crippen molar-refractivity contribution in [2.24, 2.45) is 0 Å². The second kappa shape index (κ2) is 8.04. The number of esters is 1. The van der Waals surface area contributed by atoms with Crippen molar-refractivity contribution >= 4 is 35.0 Å². The highest BCUT2D eigenvalue weighted by molar-refractivity contribution is 6.36. The zero-order valence-electron chi connectivity index (χ0n) is 13.0. The first-order valence-corrected chi connectivity index (χ1v) is 7.59. The smallest absolute Gasteiger partial charge is 0.338 e. The first kappa shape index (κ1) is 18.1. The van der Waals surface area contributed by atoms with Crippen molar-refractivity contribution in [1.29, 1.82) is 0 Å². The van der Waals surface area contributed by atoms with E-state index < -0.39 is 18.4 Å². The molecule has 0 amide bonds. The van der Waals surface area contributed by atoms with Crippen molar-refractivity contribution in [3.63, 3.8) is 0 Å². The predicted molar refractivity (Wildman–Crippen MR) is 90.6 cm³/mol. The van der Waals surface area contributed by atoms with E-state index in [4.69, 9.17) is 37.4 Å². The molecule has 24 heavy (non-hydrogen) atoms. The SMILES string of the molecule is COc1ccc(C(=O)OCC(=O)c2ccc(Cl)cc2Cl)cc1OC. The van der Waals surface area contributed by atoms with Crippen molar-refractivity contribution in [1.82, 2.24) is 0 Å². The minimum absolute atomic E-state index is 0.203. The molecule has 126 valence electrons. The monoisotopic (exact) mass is 368 g/mol. The van der Waals surface area contributed by atoms with Gasteiger partial charge in [-0.1, -0.05) is 23.2 Å². The third-order valence-electron chi connectivity index (χ3n) is 3.19. The molecule has 0 fully saturated rings. The summed E-state index contributed by atoms with van der Waals surface area (Å²) in [6.45, 7) is -0.436. The number of Topliss-reactive ketones (excluding diaryl/α,β-unsaturated/α-hetero) is 1. The molecular weight excluding hydrogens is 355 g/mol. The summed E-state index contributed by atoms with van der Waals surface area (Å²) in [6.07, 6.45) is 0. The van der Waals surface area contributed by atoms with Crippen LogP contribution in [0, 0.1) is 0 Å². The largest absolute Gasteiger partial charge is 0.493 e. The van der Waals surface area contributed by atoms with E-state index in [9.17, 15) is 9.59 Å². The molecule has 0 saturated carbocycles. The highest BCUT2D eigenvalue weighted by Crippen LogP contribution is 2.28. The Kier molecular flexibility index (Phi) is 6.06. The molecule has 0 aromatic heterocycles. The maximum atomic E-state index is 12.1. The summed E-state index contributed by atoms with van der Waals surface area (Å²) < 4.78 is 15.2. The molecule has 0 unspecified atom stereocenters. The van der Waals surface area contributed by atoms with Crippen LogP contribution in [0.15, 0.2) is 36.4 Å². The van der Waals surface area contributed by atoms with Crippen molar-refractivity contribution < 1.29 is 23.8 Å². The predicted octanol–water partition coefficient (Wildman–Crippen LogP) is 4.05. The second-order valence-electron chi connectivity index (χ2n) is 4.69. The number of carbonyl (C=O) groups excluding carboxylic acids is 2. The molecule has 0 radical (unpaired) electrons. The van der Waals surface area contributed by atoms with Gasteiger partial charge in [0.25, 0.3) is 0 Å². The lowest BCUT2D eigenvalue weighted by Crippen LogP contribution is -2.14. The van der Waals surface area contributed by atoms with Crippen molar-refractivity contribution in [2.45, 2.75) is 0 Å². The van der Waals surface area contributed by atoms with Crippen LogP contribution in [0.3, 0.4) is 0 Å². The van der Waals surface area contributed by atoms with E-state index in [2.05, 4.69) is 0 Å². The highest BCUT2D eigenvalue weighted by atomic mass is 35.5. The Morgan fingerprint density at radius 1 is 0.958 bits per heavy atom. The number of carbonyl (C=O) groups is 2. The van der Waals surface area contributed by atoms with Crippen LogP contribution in [-0.4, -0.2) is 32.6 Å². The molecule has 2 aromatic carbocycles. The first-order chi connectivity index (χ1) is 11.5. The van der Waals surface area contributed by atoms with E-state index >= 15 is 0 Å². The third kappa shape index (κ3) is 4.19. The highest BCUT2D eigenvalue weighted by Gasteiger charge is 2.16. The van der Waals surface area contributed by atoms with Gasteiger partial charge in [0.05, 0.1) is 24.8 Å². The Bertz CT molecular complexity index is 774. The molecule has 7 heteroatoms. The van der Waals surface area contributed by atoms with Gasteiger partial charge in [-0.2, -0.15) is 0 Å². The molecule has 0 saturated heterocycles. The van der Waals surface area contributed by atoms with Crippen LogP contribution in [0.5, 0.6) is 11.5 Å². The molecule has 0 N–H and O–H groups in total. The molecule has 0 spiro atoms. The Labute approximate surface area is 149 Å². The van der Waals surface area contributed by atoms with Crippen LogP contribution in [0.25, 0.3) is 0 Å². The zero-order valence-corrected chi connectivity index (χ0v) is 14.5. The molecule has 0 aliphatic rings.